The van der Waals surface area contributed by atoms with Crippen molar-refractivity contribution in [3.63, 3.8) is 0 Å². The van der Waals surface area contributed by atoms with Gasteiger partial charge < -0.3 is 10.6 Å². The van der Waals surface area contributed by atoms with E-state index in [1.165, 1.54) is 17.0 Å². The number of carbonyl (C=O) groups is 1. The molecule has 0 radical (unpaired) electrons. The molecule has 1 atom stereocenters. The summed E-state index contributed by atoms with van der Waals surface area (Å²) in [6.45, 7) is 2.09. The van der Waals surface area contributed by atoms with Crippen LogP contribution in [-0.4, -0.2) is 23.9 Å². The van der Waals surface area contributed by atoms with Gasteiger partial charge in [-0.05, 0) is 24.6 Å². The minimum atomic E-state index is -0.504. The lowest BCUT2D eigenvalue weighted by atomic mass is 10.2. The summed E-state index contributed by atoms with van der Waals surface area (Å²) in [5.41, 5.74) is 6.35. The Morgan fingerprint density at radius 3 is 2.38 bits per heavy atom. The lowest BCUT2D eigenvalue weighted by Crippen LogP contribution is -2.39. The Kier molecular flexibility index (Phi) is 6.00. The molecule has 90 valence electrons. The number of halogens is 2. The van der Waals surface area contributed by atoms with Crippen molar-refractivity contribution in [2.24, 2.45) is 5.73 Å². The van der Waals surface area contributed by atoms with Gasteiger partial charge in [0.05, 0.1) is 6.04 Å². The van der Waals surface area contributed by atoms with Gasteiger partial charge in [-0.15, -0.1) is 12.4 Å². The molecule has 1 rings (SSSR count). The smallest absolute Gasteiger partial charge is 0.239 e. The predicted molar refractivity (Wildman–Crippen MR) is 63.8 cm³/mol. The summed E-state index contributed by atoms with van der Waals surface area (Å²) in [4.78, 5) is 13.0. The molecule has 16 heavy (non-hydrogen) atoms. The highest BCUT2D eigenvalue weighted by Crippen LogP contribution is 2.06. The largest absolute Gasteiger partial charge is 0.340 e. The fourth-order valence-corrected chi connectivity index (χ4v) is 1.29. The summed E-state index contributed by atoms with van der Waals surface area (Å²) >= 11 is 0. The normalized spacial score (nSPS) is 11.5. The van der Waals surface area contributed by atoms with Crippen LogP contribution >= 0.6 is 12.4 Å². The van der Waals surface area contributed by atoms with Crippen molar-refractivity contribution in [2.75, 3.05) is 7.05 Å². The van der Waals surface area contributed by atoms with Crippen molar-refractivity contribution >= 4 is 18.3 Å². The molecule has 0 aliphatic heterocycles. The van der Waals surface area contributed by atoms with Crippen molar-refractivity contribution < 1.29 is 9.18 Å². The molecule has 2 N–H and O–H groups in total. The Morgan fingerprint density at radius 1 is 1.44 bits per heavy atom. The molecule has 1 unspecified atom stereocenters. The molecule has 1 aromatic carbocycles. The molecule has 0 aromatic heterocycles. The highest BCUT2D eigenvalue weighted by molar-refractivity contribution is 5.85. The quantitative estimate of drug-likeness (QED) is 0.880. The average molecular weight is 247 g/mol. The first-order valence-electron chi connectivity index (χ1n) is 4.75. The third kappa shape index (κ3) is 4.16. The standard InChI is InChI=1S/C11H15FN2O.ClH/c1-8(13)11(15)14(2)7-9-3-5-10(12)6-4-9;/h3-6,8H,7,13H2,1-2H3;1H. The third-order valence-corrected chi connectivity index (χ3v) is 2.10. The average Bonchev–Trinajstić information content (AvgIpc) is 2.20. The summed E-state index contributed by atoms with van der Waals surface area (Å²) in [5.74, 6) is -0.403. The van der Waals surface area contributed by atoms with Gasteiger partial charge in [0.25, 0.3) is 0 Å². The monoisotopic (exact) mass is 246 g/mol. The summed E-state index contributed by atoms with van der Waals surface area (Å²) in [7, 11) is 1.68. The molecule has 0 bridgehead atoms. The maximum atomic E-state index is 12.6. The minimum absolute atomic E-state index is 0. The molecule has 0 heterocycles. The number of carbonyl (C=O) groups excluding carboxylic acids is 1. The van der Waals surface area contributed by atoms with E-state index in [4.69, 9.17) is 5.73 Å². The zero-order valence-corrected chi connectivity index (χ0v) is 10.1. The Hall–Kier alpha value is -1.13. The molecule has 0 fully saturated rings. The van der Waals surface area contributed by atoms with E-state index in [9.17, 15) is 9.18 Å². The van der Waals surface area contributed by atoms with Gasteiger partial charge in [0, 0.05) is 13.6 Å². The molecule has 0 saturated carbocycles. The van der Waals surface area contributed by atoms with E-state index < -0.39 is 6.04 Å². The molecule has 0 aliphatic carbocycles. The van der Waals surface area contributed by atoms with Gasteiger partial charge in [0.15, 0.2) is 0 Å². The number of hydrogen-bond donors (Lipinski definition) is 1. The number of amides is 1. The van der Waals surface area contributed by atoms with Gasteiger partial charge in [-0.2, -0.15) is 0 Å². The summed E-state index contributed by atoms with van der Waals surface area (Å²) in [6, 6.07) is 5.55. The summed E-state index contributed by atoms with van der Waals surface area (Å²) in [5, 5.41) is 0. The van der Waals surface area contributed by atoms with Crippen LogP contribution < -0.4 is 5.73 Å². The summed E-state index contributed by atoms with van der Waals surface area (Å²) in [6.07, 6.45) is 0. The molecule has 3 nitrogen and oxygen atoms in total. The molecule has 0 aliphatic rings. The topological polar surface area (TPSA) is 46.3 Å². The molecule has 1 amide bonds. The number of hydrogen-bond acceptors (Lipinski definition) is 2. The van der Waals surface area contributed by atoms with E-state index in [0.717, 1.165) is 5.56 Å². The van der Waals surface area contributed by atoms with E-state index >= 15 is 0 Å². The molecular weight excluding hydrogens is 231 g/mol. The number of likely N-dealkylation sites (N-methyl/N-ethyl adjacent to an activating group) is 1. The Morgan fingerprint density at radius 2 is 1.94 bits per heavy atom. The van der Waals surface area contributed by atoms with Crippen LogP contribution in [0.15, 0.2) is 24.3 Å². The maximum absolute atomic E-state index is 12.6. The molecule has 1 aromatic rings. The second-order valence-electron chi connectivity index (χ2n) is 3.61. The first-order chi connectivity index (χ1) is 7.00. The Balaban J connectivity index is 0.00000225. The van der Waals surface area contributed by atoms with E-state index in [1.807, 2.05) is 0 Å². The fraction of sp³-hybridized carbons (Fsp3) is 0.364. The molecule has 5 heteroatoms. The van der Waals surface area contributed by atoms with E-state index in [2.05, 4.69) is 0 Å². The Labute approximate surface area is 101 Å². The van der Waals surface area contributed by atoms with Crippen LogP contribution in [0.2, 0.25) is 0 Å². The number of nitrogens with two attached hydrogens (primary N) is 1. The van der Waals surface area contributed by atoms with Gasteiger partial charge >= 0.3 is 0 Å². The predicted octanol–water partition coefficient (Wildman–Crippen LogP) is 1.55. The van der Waals surface area contributed by atoms with Crippen LogP contribution in [0.3, 0.4) is 0 Å². The van der Waals surface area contributed by atoms with Gasteiger partial charge in [-0.3, -0.25) is 4.79 Å². The van der Waals surface area contributed by atoms with Crippen LogP contribution in [0.5, 0.6) is 0 Å². The second-order valence-corrected chi connectivity index (χ2v) is 3.61. The molecular formula is C11H16ClFN2O. The van der Waals surface area contributed by atoms with Crippen LogP contribution in [0.25, 0.3) is 0 Å². The van der Waals surface area contributed by atoms with E-state index in [1.54, 1.807) is 26.1 Å². The molecule has 0 saturated heterocycles. The zero-order chi connectivity index (χ0) is 11.4. The van der Waals surface area contributed by atoms with Crippen LogP contribution in [0.1, 0.15) is 12.5 Å². The number of rotatable bonds is 3. The summed E-state index contributed by atoms with van der Waals surface area (Å²) < 4.78 is 12.6. The van der Waals surface area contributed by atoms with Crippen molar-refractivity contribution in [1.82, 2.24) is 4.90 Å². The van der Waals surface area contributed by atoms with Crippen LogP contribution in [0.4, 0.5) is 4.39 Å². The lowest BCUT2D eigenvalue weighted by Gasteiger charge is -2.19. The zero-order valence-electron chi connectivity index (χ0n) is 9.31. The SMILES string of the molecule is CC(N)C(=O)N(C)Cc1ccc(F)cc1.Cl. The molecule has 0 spiro atoms. The Bertz CT molecular complexity index is 340. The number of nitrogens with zero attached hydrogens (tertiary/aromatic N) is 1. The second kappa shape index (κ2) is 6.45. The fourth-order valence-electron chi connectivity index (χ4n) is 1.29. The maximum Gasteiger partial charge on any atom is 0.239 e. The number of benzene rings is 1. The first kappa shape index (κ1) is 14.9. The highest BCUT2D eigenvalue weighted by Gasteiger charge is 2.13. The van der Waals surface area contributed by atoms with Crippen molar-refractivity contribution in [1.29, 1.82) is 0 Å². The minimum Gasteiger partial charge on any atom is -0.340 e. The van der Waals surface area contributed by atoms with Gasteiger partial charge in [-0.25, -0.2) is 4.39 Å². The van der Waals surface area contributed by atoms with Crippen LogP contribution in [-0.2, 0) is 11.3 Å². The van der Waals surface area contributed by atoms with Crippen molar-refractivity contribution in [2.45, 2.75) is 19.5 Å². The third-order valence-electron chi connectivity index (χ3n) is 2.10. The van der Waals surface area contributed by atoms with Gasteiger partial charge in [0.2, 0.25) is 5.91 Å². The van der Waals surface area contributed by atoms with Gasteiger partial charge in [-0.1, -0.05) is 12.1 Å². The van der Waals surface area contributed by atoms with E-state index in [0.29, 0.717) is 6.54 Å². The lowest BCUT2D eigenvalue weighted by molar-refractivity contribution is -0.131. The van der Waals surface area contributed by atoms with Crippen molar-refractivity contribution in [3.05, 3.63) is 35.6 Å². The van der Waals surface area contributed by atoms with Gasteiger partial charge in [0.1, 0.15) is 5.82 Å². The highest BCUT2D eigenvalue weighted by atomic mass is 35.5. The first-order valence-corrected chi connectivity index (χ1v) is 4.75. The van der Waals surface area contributed by atoms with Crippen LogP contribution in [0, 0.1) is 5.82 Å². The van der Waals surface area contributed by atoms with Crippen molar-refractivity contribution in [3.8, 4) is 0 Å². The van der Waals surface area contributed by atoms with E-state index in [-0.39, 0.29) is 24.1 Å².